The molecule has 8 heteroatoms. The maximum Gasteiger partial charge on any atom is 0.339 e. The van der Waals surface area contributed by atoms with Gasteiger partial charge in [0.25, 0.3) is 0 Å². The highest BCUT2D eigenvalue weighted by atomic mass is 19.2. The molecule has 4 aliphatic rings. The monoisotopic (exact) mass is 591 g/mol. The summed E-state index contributed by atoms with van der Waals surface area (Å²) in [5.41, 5.74) is -1.32. The van der Waals surface area contributed by atoms with Crippen LogP contribution in [0.15, 0.2) is 40.8 Å². The third kappa shape index (κ3) is 4.79. The third-order valence-electron chi connectivity index (χ3n) is 8.97. The van der Waals surface area contributed by atoms with Crippen LogP contribution in [0.3, 0.4) is 0 Å². The van der Waals surface area contributed by atoms with Crippen LogP contribution in [0.2, 0.25) is 0 Å². The summed E-state index contributed by atoms with van der Waals surface area (Å²) in [6.07, 6.45) is 2.15. The van der Waals surface area contributed by atoms with Gasteiger partial charge in [0.1, 0.15) is 35.8 Å². The molecule has 0 amide bonds. The zero-order valence-corrected chi connectivity index (χ0v) is 25.6. The Morgan fingerprint density at radius 3 is 2.09 bits per heavy atom. The number of halogens is 3. The van der Waals surface area contributed by atoms with Crippen molar-refractivity contribution in [2.24, 2.45) is 10.8 Å². The van der Waals surface area contributed by atoms with Crippen LogP contribution in [0.5, 0.6) is 0 Å². The second kappa shape index (κ2) is 10.1. The van der Waals surface area contributed by atoms with Gasteiger partial charge in [-0.2, -0.15) is 0 Å². The lowest BCUT2D eigenvalue weighted by molar-refractivity contribution is 0.0690. The molecule has 43 heavy (non-hydrogen) atoms. The zero-order chi connectivity index (χ0) is 31.0. The van der Waals surface area contributed by atoms with E-state index in [4.69, 9.17) is 4.42 Å². The first-order chi connectivity index (χ1) is 20.2. The van der Waals surface area contributed by atoms with Crippen LogP contribution in [0.4, 0.5) is 18.9 Å². The first-order valence-electron chi connectivity index (χ1n) is 15.0. The van der Waals surface area contributed by atoms with E-state index in [2.05, 4.69) is 9.48 Å². The number of carboxylic acids is 1. The van der Waals surface area contributed by atoms with Crippen molar-refractivity contribution >= 4 is 22.6 Å². The number of nitrogens with zero attached hydrogens (tertiary/aromatic N) is 2. The third-order valence-corrected chi connectivity index (χ3v) is 8.97. The van der Waals surface area contributed by atoms with E-state index in [9.17, 15) is 9.90 Å². The van der Waals surface area contributed by atoms with E-state index in [1.54, 1.807) is 12.1 Å². The fourth-order valence-corrected chi connectivity index (χ4v) is 7.21. The van der Waals surface area contributed by atoms with Gasteiger partial charge in [-0.05, 0) is 41.4 Å². The number of carboxylic acid groups (broad SMARTS) is 1. The van der Waals surface area contributed by atoms with Gasteiger partial charge in [-0.25, -0.2) is 22.5 Å². The lowest BCUT2D eigenvalue weighted by Gasteiger charge is -2.41. The fraction of sp³-hybridized carbons (Fsp3) is 0.429. The SMILES string of the molecule is CC(C)(C)C(c1c(F)c(F)c(C(=O)O)c(-c2c3ccc(=[N+]4CCC4)cc-3oc3cc(N4CCC4)ccc23)c1F)C(C)(C)C. The highest BCUT2D eigenvalue weighted by Gasteiger charge is 2.43. The van der Waals surface area contributed by atoms with Crippen LogP contribution in [0.1, 0.15) is 76.2 Å². The average molecular weight is 592 g/mol. The van der Waals surface area contributed by atoms with Gasteiger partial charge in [0.05, 0.1) is 12.5 Å². The summed E-state index contributed by atoms with van der Waals surface area (Å²) >= 11 is 0. The topological polar surface area (TPSA) is 56.7 Å². The van der Waals surface area contributed by atoms with E-state index in [1.165, 1.54) is 0 Å². The summed E-state index contributed by atoms with van der Waals surface area (Å²) in [5.74, 6) is -6.18. The molecular weight excluding hydrogens is 553 g/mol. The van der Waals surface area contributed by atoms with Crippen molar-refractivity contribution in [3.8, 4) is 22.5 Å². The molecule has 0 unspecified atom stereocenters. The normalized spacial score (nSPS) is 15.8. The summed E-state index contributed by atoms with van der Waals surface area (Å²) < 4.78 is 57.9. The van der Waals surface area contributed by atoms with Crippen molar-refractivity contribution in [2.75, 3.05) is 31.1 Å². The molecule has 226 valence electrons. The van der Waals surface area contributed by atoms with Crippen LogP contribution >= 0.6 is 0 Å². The molecular formula is C35H38F3N2O3+. The highest BCUT2D eigenvalue weighted by Crippen LogP contribution is 2.52. The van der Waals surface area contributed by atoms with Gasteiger partial charge in [0, 0.05) is 58.5 Å². The molecule has 5 nitrogen and oxygen atoms in total. The minimum atomic E-state index is -1.74. The molecule has 3 heterocycles. The molecule has 1 aliphatic carbocycles. The minimum absolute atomic E-state index is 0.179. The molecule has 2 aromatic rings. The summed E-state index contributed by atoms with van der Waals surface area (Å²) in [7, 11) is 0. The summed E-state index contributed by atoms with van der Waals surface area (Å²) in [4.78, 5) is 14.8. The number of rotatable bonds is 4. The van der Waals surface area contributed by atoms with Crippen molar-refractivity contribution in [1.82, 2.24) is 4.58 Å². The number of anilines is 1. The van der Waals surface area contributed by atoms with Crippen LogP contribution in [-0.4, -0.2) is 37.3 Å². The Kier molecular flexibility index (Phi) is 6.90. The Hall–Kier alpha value is -3.81. The first-order valence-corrected chi connectivity index (χ1v) is 15.0. The van der Waals surface area contributed by atoms with E-state index in [-0.39, 0.29) is 5.56 Å². The standard InChI is InChI=1S/C35H37F3N2O3/c1-34(2,3)32(35(4,5)6)28-29(36)26(27(33(41)42)30(37)31(28)38)25-21-11-9-19(39-13-7-14-39)17-23(21)43-24-18-20(10-12-22(24)25)40-15-8-16-40/h9-12,17-18,32H,7-8,13-16H2,1-6H3/p+1. The molecule has 0 radical (unpaired) electrons. The Labute approximate surface area is 249 Å². The number of fused-ring (bicyclic) bond motifs is 2. The predicted molar refractivity (Wildman–Crippen MR) is 163 cm³/mol. The van der Waals surface area contributed by atoms with E-state index in [1.807, 2.05) is 65.8 Å². The molecule has 0 atom stereocenters. The Morgan fingerprint density at radius 2 is 1.56 bits per heavy atom. The van der Waals surface area contributed by atoms with Crippen molar-refractivity contribution in [3.63, 3.8) is 0 Å². The van der Waals surface area contributed by atoms with E-state index < -0.39 is 56.9 Å². The fourth-order valence-electron chi connectivity index (χ4n) is 7.21. The lowest BCUT2D eigenvalue weighted by Crippen LogP contribution is -2.40. The first kappa shape index (κ1) is 29.3. The van der Waals surface area contributed by atoms with Gasteiger partial charge in [0.2, 0.25) is 5.36 Å². The van der Waals surface area contributed by atoms with E-state index in [0.717, 1.165) is 50.1 Å². The van der Waals surface area contributed by atoms with Crippen molar-refractivity contribution < 1.29 is 27.5 Å². The second-order valence-corrected chi connectivity index (χ2v) is 14.1. The smallest absolute Gasteiger partial charge is 0.339 e. The molecule has 1 N–H and O–H groups in total. The number of aromatic carboxylic acids is 1. The number of hydrogen-bond acceptors (Lipinski definition) is 3. The Balaban J connectivity index is 1.77. The molecule has 3 aliphatic heterocycles. The van der Waals surface area contributed by atoms with Crippen LogP contribution in [-0.2, 0) is 0 Å². The van der Waals surface area contributed by atoms with Gasteiger partial charge in [-0.1, -0.05) is 41.5 Å². The minimum Gasteiger partial charge on any atom is -0.478 e. The van der Waals surface area contributed by atoms with Gasteiger partial charge in [0.15, 0.2) is 11.6 Å². The van der Waals surface area contributed by atoms with Crippen molar-refractivity contribution in [3.05, 3.63) is 70.3 Å². The van der Waals surface area contributed by atoms with Gasteiger partial charge in [-0.3, -0.25) is 0 Å². The molecule has 2 aromatic carbocycles. The van der Waals surface area contributed by atoms with Gasteiger partial charge < -0.3 is 14.4 Å². The zero-order valence-electron chi connectivity index (χ0n) is 25.6. The van der Waals surface area contributed by atoms with Crippen LogP contribution in [0.25, 0.3) is 33.4 Å². The second-order valence-electron chi connectivity index (χ2n) is 14.1. The Morgan fingerprint density at radius 1 is 0.884 bits per heavy atom. The quantitative estimate of drug-likeness (QED) is 0.149. The summed E-state index contributed by atoms with van der Waals surface area (Å²) in [6, 6.07) is 11.0. The Bertz CT molecular complexity index is 1800. The summed E-state index contributed by atoms with van der Waals surface area (Å²) in [6.45, 7) is 14.7. The van der Waals surface area contributed by atoms with E-state index in [0.29, 0.717) is 22.3 Å². The van der Waals surface area contributed by atoms with Crippen LogP contribution < -0.4 is 14.8 Å². The summed E-state index contributed by atoms with van der Waals surface area (Å²) in [5, 5.41) is 11.6. The molecule has 2 saturated heterocycles. The van der Waals surface area contributed by atoms with Crippen LogP contribution in [0, 0.1) is 28.3 Å². The average Bonchev–Trinajstić information content (AvgIpc) is 2.83. The molecule has 0 spiro atoms. The number of hydrogen-bond donors (Lipinski definition) is 1. The van der Waals surface area contributed by atoms with Gasteiger partial charge >= 0.3 is 5.97 Å². The van der Waals surface area contributed by atoms with Gasteiger partial charge in [-0.15, -0.1) is 0 Å². The number of benzene rings is 3. The highest BCUT2D eigenvalue weighted by molar-refractivity contribution is 6.08. The molecule has 0 saturated carbocycles. The molecule has 6 rings (SSSR count). The molecule has 2 fully saturated rings. The lowest BCUT2D eigenvalue weighted by atomic mass is 9.63. The van der Waals surface area contributed by atoms with Crippen molar-refractivity contribution in [1.29, 1.82) is 0 Å². The maximum atomic E-state index is 17.2. The largest absolute Gasteiger partial charge is 0.478 e. The number of carbonyl (C=O) groups is 1. The molecule has 0 aromatic heterocycles. The predicted octanol–water partition coefficient (Wildman–Crippen LogP) is 7.88. The van der Waals surface area contributed by atoms with E-state index >= 15 is 13.2 Å². The molecule has 0 bridgehead atoms. The maximum absolute atomic E-state index is 17.2. The van der Waals surface area contributed by atoms with Crippen molar-refractivity contribution in [2.45, 2.75) is 60.3 Å².